The van der Waals surface area contributed by atoms with Crippen molar-refractivity contribution in [2.45, 2.75) is 51.7 Å². The Kier molecular flexibility index (Phi) is 2.32. The Bertz CT molecular complexity index is 394. The zero-order chi connectivity index (χ0) is 13.1. The van der Waals surface area contributed by atoms with Crippen LogP contribution >= 0.6 is 0 Å². The molecule has 4 fully saturated rings. The molecular weight excluding hydrogens is 230 g/mol. The molecule has 4 heteroatoms. The second-order valence-electron chi connectivity index (χ2n) is 7.07. The molecule has 2 bridgehead atoms. The molecule has 18 heavy (non-hydrogen) atoms. The van der Waals surface area contributed by atoms with E-state index in [2.05, 4.69) is 0 Å². The Morgan fingerprint density at radius 1 is 1.39 bits per heavy atom. The number of hydrogen-bond donors (Lipinski definition) is 0. The molecule has 3 atom stereocenters. The van der Waals surface area contributed by atoms with Gasteiger partial charge in [-0.1, -0.05) is 0 Å². The lowest BCUT2D eigenvalue weighted by molar-refractivity contribution is -0.116. The quantitative estimate of drug-likeness (QED) is 0.707. The average Bonchev–Trinajstić information content (AvgIpc) is 2.74. The Hall–Kier alpha value is -1.06. The first kappa shape index (κ1) is 12.0. The number of nitrogens with zero attached hydrogens (tertiary/aromatic N) is 1. The highest BCUT2D eigenvalue weighted by Crippen LogP contribution is 2.63. The minimum atomic E-state index is -0.443. The zero-order valence-electron chi connectivity index (χ0n) is 11.3. The summed E-state index contributed by atoms with van der Waals surface area (Å²) in [5, 5.41) is 0. The number of carbonyl (C=O) groups is 2. The fourth-order valence-electron chi connectivity index (χ4n) is 3.68. The van der Waals surface area contributed by atoms with Crippen LogP contribution in [0, 0.1) is 17.3 Å². The second-order valence-corrected chi connectivity index (χ2v) is 7.07. The van der Waals surface area contributed by atoms with Gasteiger partial charge in [-0.05, 0) is 51.9 Å². The molecule has 0 aromatic heterocycles. The summed E-state index contributed by atoms with van der Waals surface area (Å²) in [7, 11) is 0. The molecule has 2 aliphatic heterocycles. The van der Waals surface area contributed by atoms with E-state index in [-0.39, 0.29) is 17.6 Å². The predicted molar refractivity (Wildman–Crippen MR) is 66.1 cm³/mol. The molecule has 0 aromatic rings. The van der Waals surface area contributed by atoms with Gasteiger partial charge >= 0.3 is 6.09 Å². The van der Waals surface area contributed by atoms with Crippen LogP contribution in [0.1, 0.15) is 40.0 Å². The average molecular weight is 251 g/mol. The van der Waals surface area contributed by atoms with Crippen LogP contribution in [0.2, 0.25) is 0 Å². The number of rotatable bonds is 2. The van der Waals surface area contributed by atoms with E-state index >= 15 is 0 Å². The Morgan fingerprint density at radius 2 is 2.06 bits per heavy atom. The fraction of sp³-hybridized carbons (Fsp3) is 0.857. The van der Waals surface area contributed by atoms with Crippen LogP contribution in [0.4, 0.5) is 4.79 Å². The summed E-state index contributed by atoms with van der Waals surface area (Å²) in [4.78, 5) is 25.2. The molecule has 2 aliphatic carbocycles. The summed E-state index contributed by atoms with van der Waals surface area (Å²) < 4.78 is 5.43. The molecule has 100 valence electrons. The van der Waals surface area contributed by atoms with Crippen LogP contribution in [0.5, 0.6) is 0 Å². The molecular formula is C14H21NO3. The molecule has 0 spiro atoms. The van der Waals surface area contributed by atoms with E-state index < -0.39 is 5.60 Å². The molecule has 2 saturated heterocycles. The van der Waals surface area contributed by atoms with Crippen molar-refractivity contribution in [3.8, 4) is 0 Å². The van der Waals surface area contributed by atoms with Crippen molar-refractivity contribution in [2.24, 2.45) is 17.3 Å². The van der Waals surface area contributed by atoms with Crippen LogP contribution in [0.15, 0.2) is 0 Å². The van der Waals surface area contributed by atoms with E-state index in [4.69, 9.17) is 4.74 Å². The van der Waals surface area contributed by atoms with Gasteiger partial charge in [0.1, 0.15) is 11.9 Å². The van der Waals surface area contributed by atoms with Crippen molar-refractivity contribution < 1.29 is 14.3 Å². The molecule has 4 nitrogen and oxygen atoms in total. The first-order valence-electron chi connectivity index (χ1n) is 6.82. The molecule has 2 heterocycles. The van der Waals surface area contributed by atoms with Gasteiger partial charge in [-0.3, -0.25) is 0 Å². The molecule has 1 amide bonds. The normalized spacial score (nSPS) is 35.9. The van der Waals surface area contributed by atoms with Crippen molar-refractivity contribution >= 4 is 12.4 Å². The molecule has 4 rings (SSSR count). The maximum Gasteiger partial charge on any atom is 0.410 e. The highest BCUT2D eigenvalue weighted by Gasteiger charge is 2.65. The number of carbonyl (C=O) groups excluding carboxylic acids is 2. The molecule has 0 N–H and O–H groups in total. The minimum Gasteiger partial charge on any atom is -0.444 e. The maximum atomic E-state index is 12.1. The number of hydrogen-bond acceptors (Lipinski definition) is 3. The Balaban J connectivity index is 1.68. The summed E-state index contributed by atoms with van der Waals surface area (Å²) >= 11 is 0. The van der Waals surface area contributed by atoms with E-state index in [1.165, 1.54) is 0 Å². The molecule has 4 aliphatic rings. The second kappa shape index (κ2) is 3.49. The van der Waals surface area contributed by atoms with Gasteiger partial charge in [0.15, 0.2) is 0 Å². The summed E-state index contributed by atoms with van der Waals surface area (Å²) in [6.07, 6.45) is 4.00. The molecule has 0 radical (unpaired) electrons. The van der Waals surface area contributed by atoms with Gasteiger partial charge in [0.2, 0.25) is 0 Å². The monoisotopic (exact) mass is 251 g/mol. The predicted octanol–water partition coefficient (Wildman–Crippen LogP) is 2.22. The molecule has 0 aromatic carbocycles. The van der Waals surface area contributed by atoms with E-state index in [0.29, 0.717) is 11.8 Å². The Morgan fingerprint density at radius 3 is 2.56 bits per heavy atom. The van der Waals surface area contributed by atoms with Crippen LogP contribution < -0.4 is 0 Å². The SMILES string of the molecule is CC(C)(C)OC(=O)N1C[C@@H]2C[C@H]1C2C1(C=O)CC1. The lowest BCUT2D eigenvalue weighted by Gasteiger charge is -2.40. The van der Waals surface area contributed by atoms with Crippen molar-refractivity contribution in [3.05, 3.63) is 0 Å². The highest BCUT2D eigenvalue weighted by molar-refractivity contribution is 5.71. The van der Waals surface area contributed by atoms with Gasteiger partial charge in [0.05, 0.1) is 0 Å². The summed E-state index contributed by atoms with van der Waals surface area (Å²) in [5.41, 5.74) is -0.536. The number of amides is 1. The van der Waals surface area contributed by atoms with Crippen molar-refractivity contribution in [2.75, 3.05) is 6.54 Å². The van der Waals surface area contributed by atoms with E-state index in [9.17, 15) is 9.59 Å². The lowest BCUT2D eigenvalue weighted by atomic mass is 9.65. The standard InChI is InChI=1S/C14H21NO3/c1-13(2,3)18-12(17)15-7-9-6-10(15)11(9)14(8-16)4-5-14/h8-11H,4-7H2,1-3H3/t9-,10-,11?/m0/s1. The highest BCUT2D eigenvalue weighted by atomic mass is 16.6. The topological polar surface area (TPSA) is 46.6 Å². The lowest BCUT2D eigenvalue weighted by Crippen LogP contribution is -2.47. The van der Waals surface area contributed by atoms with E-state index in [0.717, 1.165) is 32.1 Å². The Labute approximate surface area is 108 Å². The first-order chi connectivity index (χ1) is 8.36. The van der Waals surface area contributed by atoms with Crippen molar-refractivity contribution in [1.82, 2.24) is 4.90 Å². The van der Waals surface area contributed by atoms with Crippen LogP contribution in [-0.4, -0.2) is 35.5 Å². The largest absolute Gasteiger partial charge is 0.444 e. The van der Waals surface area contributed by atoms with Gasteiger partial charge in [0, 0.05) is 18.0 Å². The summed E-state index contributed by atoms with van der Waals surface area (Å²) in [5.74, 6) is 0.928. The number of aldehydes is 1. The van der Waals surface area contributed by atoms with E-state index in [1.807, 2.05) is 25.7 Å². The number of fused-ring (bicyclic) bond motifs is 1. The molecule has 2 saturated carbocycles. The van der Waals surface area contributed by atoms with Gasteiger partial charge in [-0.25, -0.2) is 4.79 Å². The smallest absolute Gasteiger partial charge is 0.410 e. The molecule has 1 unspecified atom stereocenters. The summed E-state index contributed by atoms with van der Waals surface area (Å²) in [6.45, 7) is 6.43. The van der Waals surface area contributed by atoms with Gasteiger partial charge in [-0.15, -0.1) is 0 Å². The van der Waals surface area contributed by atoms with Gasteiger partial charge in [0.25, 0.3) is 0 Å². The zero-order valence-corrected chi connectivity index (χ0v) is 11.3. The fourth-order valence-corrected chi connectivity index (χ4v) is 3.68. The van der Waals surface area contributed by atoms with Crippen molar-refractivity contribution in [3.63, 3.8) is 0 Å². The van der Waals surface area contributed by atoms with Crippen LogP contribution in [0.25, 0.3) is 0 Å². The summed E-state index contributed by atoms with van der Waals surface area (Å²) in [6, 6.07) is 0.248. The van der Waals surface area contributed by atoms with Gasteiger partial charge in [-0.2, -0.15) is 0 Å². The third-order valence-corrected chi connectivity index (χ3v) is 4.65. The third kappa shape index (κ3) is 1.65. The minimum absolute atomic E-state index is 0.0929. The van der Waals surface area contributed by atoms with E-state index in [1.54, 1.807) is 0 Å². The van der Waals surface area contributed by atoms with Crippen LogP contribution in [0.3, 0.4) is 0 Å². The first-order valence-corrected chi connectivity index (χ1v) is 6.82. The van der Waals surface area contributed by atoms with Crippen LogP contribution in [-0.2, 0) is 9.53 Å². The van der Waals surface area contributed by atoms with Crippen molar-refractivity contribution in [1.29, 1.82) is 0 Å². The number of ether oxygens (including phenoxy) is 1. The third-order valence-electron chi connectivity index (χ3n) is 4.65. The van der Waals surface area contributed by atoms with Gasteiger partial charge < -0.3 is 14.4 Å². The maximum absolute atomic E-state index is 12.1.